The average molecular weight is 249 g/mol. The van der Waals surface area contributed by atoms with E-state index in [-0.39, 0.29) is 12.1 Å². The van der Waals surface area contributed by atoms with Gasteiger partial charge in [0.2, 0.25) is 0 Å². The van der Waals surface area contributed by atoms with Gasteiger partial charge in [0, 0.05) is 6.42 Å². The molecule has 1 aromatic carbocycles. The van der Waals surface area contributed by atoms with Crippen LogP contribution in [-0.2, 0) is 16.0 Å². The number of rotatable bonds is 4. The number of aromatic nitrogens is 1. The van der Waals surface area contributed by atoms with Crippen LogP contribution in [0.4, 0.5) is 0 Å². The molecule has 0 fully saturated rings. The minimum absolute atomic E-state index is 0.0436. The van der Waals surface area contributed by atoms with E-state index < -0.39 is 0 Å². The van der Waals surface area contributed by atoms with E-state index in [1.807, 2.05) is 38.1 Å². The van der Waals surface area contributed by atoms with Gasteiger partial charge in [0.05, 0.1) is 27.7 Å². The minimum atomic E-state index is -0.153. The molecule has 3 nitrogen and oxygen atoms in total. The van der Waals surface area contributed by atoms with Crippen molar-refractivity contribution in [2.24, 2.45) is 0 Å². The minimum Gasteiger partial charge on any atom is -0.463 e. The maximum Gasteiger partial charge on any atom is 0.306 e. The SMILES string of the molecule is CC(C)OC(=O)CCc1nc2ccccc2s1. The fourth-order valence-corrected chi connectivity index (χ4v) is 2.52. The first-order valence-electron chi connectivity index (χ1n) is 5.69. The van der Waals surface area contributed by atoms with Crippen molar-refractivity contribution in [3.8, 4) is 0 Å². The molecular weight excluding hydrogens is 234 g/mol. The molecule has 0 spiro atoms. The molecule has 2 aromatic rings. The number of carbonyl (C=O) groups is 1. The topological polar surface area (TPSA) is 39.2 Å². The first kappa shape index (κ1) is 12.0. The Hall–Kier alpha value is -1.42. The van der Waals surface area contributed by atoms with E-state index in [4.69, 9.17) is 4.74 Å². The lowest BCUT2D eigenvalue weighted by Crippen LogP contribution is -2.11. The van der Waals surface area contributed by atoms with E-state index in [0.717, 1.165) is 10.5 Å². The molecule has 1 aromatic heterocycles. The summed E-state index contributed by atoms with van der Waals surface area (Å²) in [5.41, 5.74) is 1.00. The standard InChI is InChI=1S/C13H15NO2S/c1-9(2)16-13(15)8-7-12-14-10-5-3-4-6-11(10)17-12/h3-6,9H,7-8H2,1-2H3. The molecule has 90 valence electrons. The zero-order valence-electron chi connectivity index (χ0n) is 9.97. The maximum absolute atomic E-state index is 11.4. The Morgan fingerprint density at radius 1 is 1.41 bits per heavy atom. The molecule has 0 aliphatic rings. The summed E-state index contributed by atoms with van der Waals surface area (Å²) >= 11 is 1.64. The molecule has 0 amide bonds. The first-order chi connectivity index (χ1) is 8.15. The van der Waals surface area contributed by atoms with Crippen LogP contribution in [0.2, 0.25) is 0 Å². The van der Waals surface area contributed by atoms with Crippen LogP contribution in [0.1, 0.15) is 25.3 Å². The lowest BCUT2D eigenvalue weighted by Gasteiger charge is -2.06. The predicted molar refractivity (Wildman–Crippen MR) is 69.2 cm³/mol. The van der Waals surface area contributed by atoms with Crippen molar-refractivity contribution in [1.82, 2.24) is 4.98 Å². The lowest BCUT2D eigenvalue weighted by molar-refractivity contribution is -0.147. The second-order valence-corrected chi connectivity index (χ2v) is 5.23. The van der Waals surface area contributed by atoms with E-state index >= 15 is 0 Å². The van der Waals surface area contributed by atoms with Gasteiger partial charge in [-0.1, -0.05) is 12.1 Å². The molecule has 0 saturated carbocycles. The number of hydrogen-bond acceptors (Lipinski definition) is 4. The number of aryl methyl sites for hydroxylation is 1. The van der Waals surface area contributed by atoms with Crippen molar-refractivity contribution in [3.05, 3.63) is 29.3 Å². The quantitative estimate of drug-likeness (QED) is 0.781. The third-order valence-electron chi connectivity index (χ3n) is 2.25. The number of fused-ring (bicyclic) bond motifs is 1. The Kier molecular flexibility index (Phi) is 3.74. The van der Waals surface area contributed by atoms with Crippen molar-refractivity contribution in [3.63, 3.8) is 0 Å². The number of ether oxygens (including phenoxy) is 1. The molecule has 0 aliphatic heterocycles. The summed E-state index contributed by atoms with van der Waals surface area (Å²) in [6.45, 7) is 3.71. The molecule has 0 saturated heterocycles. The zero-order chi connectivity index (χ0) is 12.3. The zero-order valence-corrected chi connectivity index (χ0v) is 10.8. The Balaban J connectivity index is 1.97. The van der Waals surface area contributed by atoms with Crippen LogP contribution < -0.4 is 0 Å². The largest absolute Gasteiger partial charge is 0.463 e. The molecule has 0 bridgehead atoms. The highest BCUT2D eigenvalue weighted by molar-refractivity contribution is 7.18. The van der Waals surface area contributed by atoms with Crippen LogP contribution in [-0.4, -0.2) is 17.1 Å². The summed E-state index contributed by atoms with van der Waals surface area (Å²) in [6, 6.07) is 8.00. The van der Waals surface area contributed by atoms with Crippen LogP contribution in [0, 0.1) is 0 Å². The van der Waals surface area contributed by atoms with Gasteiger partial charge < -0.3 is 4.74 Å². The van der Waals surface area contributed by atoms with Gasteiger partial charge >= 0.3 is 5.97 Å². The molecule has 2 rings (SSSR count). The van der Waals surface area contributed by atoms with Crippen LogP contribution >= 0.6 is 11.3 Å². The first-order valence-corrected chi connectivity index (χ1v) is 6.51. The van der Waals surface area contributed by atoms with Gasteiger partial charge in [0.15, 0.2) is 0 Å². The number of thiazole rings is 1. The number of hydrogen-bond donors (Lipinski definition) is 0. The highest BCUT2D eigenvalue weighted by Gasteiger charge is 2.08. The summed E-state index contributed by atoms with van der Waals surface area (Å²) in [5.74, 6) is -0.153. The summed E-state index contributed by atoms with van der Waals surface area (Å²) in [5, 5.41) is 0.993. The molecule has 17 heavy (non-hydrogen) atoms. The molecule has 0 aliphatic carbocycles. The molecule has 0 unspecified atom stereocenters. The number of para-hydroxylation sites is 1. The fraction of sp³-hybridized carbons (Fsp3) is 0.385. The van der Waals surface area contributed by atoms with Crippen LogP contribution in [0.5, 0.6) is 0 Å². The molecule has 0 atom stereocenters. The molecular formula is C13H15NO2S. The van der Waals surface area contributed by atoms with Crippen molar-refractivity contribution in [1.29, 1.82) is 0 Å². The fourth-order valence-electron chi connectivity index (χ4n) is 1.56. The smallest absolute Gasteiger partial charge is 0.306 e. The summed E-state index contributed by atoms with van der Waals surface area (Å²) in [4.78, 5) is 15.9. The van der Waals surface area contributed by atoms with Crippen molar-refractivity contribution >= 4 is 27.5 Å². The number of nitrogens with zero attached hydrogens (tertiary/aromatic N) is 1. The second kappa shape index (κ2) is 5.27. The van der Waals surface area contributed by atoms with E-state index in [0.29, 0.717) is 12.8 Å². The average Bonchev–Trinajstić information content (AvgIpc) is 2.68. The van der Waals surface area contributed by atoms with Crippen LogP contribution in [0.3, 0.4) is 0 Å². The molecule has 0 N–H and O–H groups in total. The molecule has 1 heterocycles. The maximum atomic E-state index is 11.4. The van der Waals surface area contributed by atoms with Crippen LogP contribution in [0.25, 0.3) is 10.2 Å². The third kappa shape index (κ3) is 3.27. The Bertz CT molecular complexity index is 486. The van der Waals surface area contributed by atoms with Gasteiger partial charge in [-0.2, -0.15) is 0 Å². The highest BCUT2D eigenvalue weighted by Crippen LogP contribution is 2.22. The number of esters is 1. The van der Waals surface area contributed by atoms with E-state index in [9.17, 15) is 4.79 Å². The highest BCUT2D eigenvalue weighted by atomic mass is 32.1. The Labute approximate surface area is 104 Å². The van der Waals surface area contributed by atoms with Gasteiger partial charge in [0.1, 0.15) is 0 Å². The van der Waals surface area contributed by atoms with Crippen molar-refractivity contribution in [2.75, 3.05) is 0 Å². The number of benzene rings is 1. The predicted octanol–water partition coefficient (Wildman–Crippen LogP) is 3.18. The second-order valence-electron chi connectivity index (χ2n) is 4.11. The van der Waals surface area contributed by atoms with Gasteiger partial charge in [-0.15, -0.1) is 11.3 Å². The molecule has 4 heteroatoms. The lowest BCUT2D eigenvalue weighted by atomic mass is 10.3. The van der Waals surface area contributed by atoms with Gasteiger partial charge in [-0.3, -0.25) is 4.79 Å². The van der Waals surface area contributed by atoms with E-state index in [2.05, 4.69) is 4.98 Å². The van der Waals surface area contributed by atoms with Gasteiger partial charge in [-0.05, 0) is 26.0 Å². The van der Waals surface area contributed by atoms with Crippen molar-refractivity contribution < 1.29 is 9.53 Å². The third-order valence-corrected chi connectivity index (χ3v) is 3.34. The van der Waals surface area contributed by atoms with Crippen molar-refractivity contribution in [2.45, 2.75) is 32.8 Å². The van der Waals surface area contributed by atoms with Crippen LogP contribution in [0.15, 0.2) is 24.3 Å². The monoisotopic (exact) mass is 249 g/mol. The summed E-state index contributed by atoms with van der Waals surface area (Å²) < 4.78 is 6.25. The van der Waals surface area contributed by atoms with Gasteiger partial charge in [-0.25, -0.2) is 4.98 Å². The normalized spacial score (nSPS) is 11.0. The summed E-state index contributed by atoms with van der Waals surface area (Å²) in [7, 11) is 0. The molecule has 0 radical (unpaired) electrons. The van der Waals surface area contributed by atoms with E-state index in [1.54, 1.807) is 11.3 Å². The summed E-state index contributed by atoms with van der Waals surface area (Å²) in [6.07, 6.45) is 1.01. The van der Waals surface area contributed by atoms with E-state index in [1.165, 1.54) is 4.70 Å². The Morgan fingerprint density at radius 3 is 2.88 bits per heavy atom. The Morgan fingerprint density at radius 2 is 2.18 bits per heavy atom. The number of carbonyl (C=O) groups excluding carboxylic acids is 1. The van der Waals surface area contributed by atoms with Gasteiger partial charge in [0.25, 0.3) is 0 Å².